The highest BCUT2D eigenvalue weighted by molar-refractivity contribution is 5.52. The maximum Gasteiger partial charge on any atom is 0.139 e. The van der Waals surface area contributed by atoms with Crippen LogP contribution >= 0.6 is 0 Å². The molecule has 1 aromatic heterocycles. The van der Waals surface area contributed by atoms with Crippen molar-refractivity contribution in [3.8, 4) is 5.75 Å². The molecule has 134 valence electrons. The van der Waals surface area contributed by atoms with Gasteiger partial charge in [-0.05, 0) is 6.42 Å². The minimum Gasteiger partial charge on any atom is -0.492 e. The molecule has 2 aliphatic heterocycles. The lowest BCUT2D eigenvalue weighted by molar-refractivity contribution is 0.302. The van der Waals surface area contributed by atoms with Crippen LogP contribution in [0.5, 0.6) is 5.75 Å². The molecular weight excluding hydrogens is 298 g/mol. The number of hydrogen-bond donors (Lipinski definition) is 1. The third kappa shape index (κ3) is 4.62. The molecule has 0 aliphatic carbocycles. The van der Waals surface area contributed by atoms with Crippen LogP contribution < -0.4 is 15.0 Å². The Morgan fingerprint density at radius 2 is 1.88 bits per heavy atom. The molecule has 0 unspecified atom stereocenters. The smallest absolute Gasteiger partial charge is 0.139 e. The van der Waals surface area contributed by atoms with Crippen LogP contribution in [0.25, 0.3) is 0 Å². The molecule has 0 radical (unpaired) electrons. The number of fused-ring (bicyclic) bond motifs is 1. The van der Waals surface area contributed by atoms with E-state index in [4.69, 9.17) is 4.74 Å². The largest absolute Gasteiger partial charge is 0.492 e. The van der Waals surface area contributed by atoms with Crippen LogP contribution in [-0.2, 0) is 0 Å². The van der Waals surface area contributed by atoms with Gasteiger partial charge in [0, 0.05) is 37.7 Å². The van der Waals surface area contributed by atoms with Crippen LogP contribution in [0.4, 0.5) is 5.69 Å². The van der Waals surface area contributed by atoms with Crippen LogP contribution in [0.3, 0.4) is 0 Å². The highest BCUT2D eigenvalue weighted by Crippen LogP contribution is 2.34. The normalized spacial score (nSPS) is 22.3. The number of nitrogens with one attached hydrogen (secondary N) is 1. The fourth-order valence-corrected chi connectivity index (χ4v) is 3.89. The minimum atomic E-state index is 0.662. The summed E-state index contributed by atoms with van der Waals surface area (Å²) in [5, 5.41) is 3.48. The van der Waals surface area contributed by atoms with Gasteiger partial charge >= 0.3 is 0 Å². The number of pyridine rings is 1. The Labute approximate surface area is 147 Å². The van der Waals surface area contributed by atoms with Crippen molar-refractivity contribution in [2.45, 2.75) is 64.3 Å². The van der Waals surface area contributed by atoms with E-state index < -0.39 is 0 Å². The molecular formula is C20H33N3O. The highest BCUT2D eigenvalue weighted by Gasteiger charge is 2.42. The van der Waals surface area contributed by atoms with Crippen molar-refractivity contribution in [2.24, 2.45) is 5.92 Å². The Bertz CT molecular complexity index is 494. The summed E-state index contributed by atoms with van der Waals surface area (Å²) in [4.78, 5) is 6.83. The molecule has 4 heteroatoms. The Kier molecular flexibility index (Phi) is 6.76. The monoisotopic (exact) mass is 331 g/mol. The molecule has 24 heavy (non-hydrogen) atoms. The van der Waals surface area contributed by atoms with Gasteiger partial charge in [-0.3, -0.25) is 4.98 Å². The van der Waals surface area contributed by atoms with E-state index in [1.165, 1.54) is 57.2 Å². The van der Waals surface area contributed by atoms with Gasteiger partial charge in [-0.2, -0.15) is 0 Å². The quantitative estimate of drug-likeness (QED) is 0.622. The summed E-state index contributed by atoms with van der Waals surface area (Å²) in [7, 11) is 0. The number of nitrogens with zero attached hydrogens (tertiary/aromatic N) is 2. The van der Waals surface area contributed by atoms with E-state index in [9.17, 15) is 0 Å². The summed E-state index contributed by atoms with van der Waals surface area (Å²) in [5.41, 5.74) is 1.22. The zero-order valence-electron chi connectivity index (χ0n) is 15.2. The third-order valence-electron chi connectivity index (χ3n) is 5.43. The van der Waals surface area contributed by atoms with Crippen LogP contribution in [0.2, 0.25) is 0 Å². The number of anilines is 1. The van der Waals surface area contributed by atoms with E-state index in [1.807, 2.05) is 12.4 Å². The molecule has 2 saturated heterocycles. The first-order chi connectivity index (χ1) is 11.9. The van der Waals surface area contributed by atoms with E-state index in [-0.39, 0.29) is 0 Å². The first-order valence-electron chi connectivity index (χ1n) is 9.93. The molecule has 3 rings (SSSR count). The molecule has 0 amide bonds. The summed E-state index contributed by atoms with van der Waals surface area (Å²) in [6.07, 6.45) is 14.5. The zero-order valence-corrected chi connectivity index (χ0v) is 15.2. The first kappa shape index (κ1) is 17.5. The molecule has 4 nitrogen and oxygen atoms in total. The van der Waals surface area contributed by atoms with Crippen LogP contribution in [-0.4, -0.2) is 37.3 Å². The Hall–Kier alpha value is -1.29. The first-order valence-corrected chi connectivity index (χ1v) is 9.93. The van der Waals surface area contributed by atoms with Gasteiger partial charge in [0.15, 0.2) is 0 Å². The predicted molar refractivity (Wildman–Crippen MR) is 99.8 cm³/mol. The van der Waals surface area contributed by atoms with Crippen molar-refractivity contribution in [3.63, 3.8) is 0 Å². The fraction of sp³-hybridized carbons (Fsp3) is 0.750. The minimum absolute atomic E-state index is 0.662. The zero-order chi connectivity index (χ0) is 16.6. The summed E-state index contributed by atoms with van der Waals surface area (Å²) in [6, 6.07) is 2.82. The van der Waals surface area contributed by atoms with Crippen molar-refractivity contribution in [3.05, 3.63) is 18.5 Å². The van der Waals surface area contributed by atoms with Crippen LogP contribution in [0.1, 0.15) is 58.3 Å². The molecule has 0 aromatic carbocycles. The fourth-order valence-electron chi connectivity index (χ4n) is 3.89. The van der Waals surface area contributed by atoms with Gasteiger partial charge in [0.2, 0.25) is 0 Å². The lowest BCUT2D eigenvalue weighted by atomic mass is 9.91. The maximum absolute atomic E-state index is 5.92. The van der Waals surface area contributed by atoms with Crippen LogP contribution in [0, 0.1) is 5.92 Å². The van der Waals surface area contributed by atoms with Gasteiger partial charge in [-0.25, -0.2) is 0 Å². The number of unbranched alkanes of at least 4 members (excludes halogenated alkanes) is 7. The second-order valence-electron chi connectivity index (χ2n) is 7.34. The van der Waals surface area contributed by atoms with E-state index in [2.05, 4.69) is 28.2 Å². The molecule has 1 aromatic rings. The molecule has 2 fully saturated rings. The topological polar surface area (TPSA) is 37.4 Å². The number of hydrogen-bond acceptors (Lipinski definition) is 4. The van der Waals surface area contributed by atoms with Gasteiger partial charge in [0.05, 0.1) is 24.7 Å². The second-order valence-corrected chi connectivity index (χ2v) is 7.34. The number of aromatic nitrogens is 1. The third-order valence-corrected chi connectivity index (χ3v) is 5.43. The van der Waals surface area contributed by atoms with E-state index >= 15 is 0 Å². The van der Waals surface area contributed by atoms with Gasteiger partial charge in [-0.1, -0.05) is 51.9 Å². The molecule has 0 spiro atoms. The Morgan fingerprint density at radius 1 is 1.08 bits per heavy atom. The summed E-state index contributed by atoms with van der Waals surface area (Å²) >= 11 is 0. The molecule has 0 saturated carbocycles. The average Bonchev–Trinajstić information content (AvgIpc) is 2.94. The van der Waals surface area contributed by atoms with Crippen molar-refractivity contribution >= 4 is 5.69 Å². The highest BCUT2D eigenvalue weighted by atomic mass is 16.5. The summed E-state index contributed by atoms with van der Waals surface area (Å²) in [5.74, 6) is 1.75. The molecule has 2 aliphatic rings. The SMILES string of the molecule is CCCCCCCCCCOc1cncc(N2C[C@H]3CNC[C@H]32)c1. The van der Waals surface area contributed by atoms with Gasteiger partial charge in [0.25, 0.3) is 0 Å². The van der Waals surface area contributed by atoms with E-state index in [1.54, 1.807) is 0 Å². The standard InChI is InChI=1S/C20H33N3O/c1-2-3-4-5-6-7-8-9-10-24-19-11-18(13-22-14-19)23-16-17-12-21-15-20(17)23/h11,13-14,17,20-21H,2-10,12,15-16H2,1H3/t17-,20-/m1/s1. The van der Waals surface area contributed by atoms with Crippen molar-refractivity contribution in [1.29, 1.82) is 0 Å². The molecule has 3 heterocycles. The molecule has 0 bridgehead atoms. The summed E-state index contributed by atoms with van der Waals surface area (Å²) in [6.45, 7) is 6.51. The van der Waals surface area contributed by atoms with Crippen molar-refractivity contribution < 1.29 is 4.74 Å². The van der Waals surface area contributed by atoms with E-state index in [0.29, 0.717) is 6.04 Å². The number of rotatable bonds is 11. The number of ether oxygens (including phenoxy) is 1. The Balaban J connectivity index is 1.31. The van der Waals surface area contributed by atoms with Gasteiger partial charge in [0.1, 0.15) is 5.75 Å². The summed E-state index contributed by atoms with van der Waals surface area (Å²) < 4.78 is 5.92. The Morgan fingerprint density at radius 3 is 2.67 bits per heavy atom. The maximum atomic E-state index is 5.92. The predicted octanol–water partition coefficient (Wildman–Crippen LogP) is 4.01. The van der Waals surface area contributed by atoms with Gasteiger partial charge in [-0.15, -0.1) is 0 Å². The van der Waals surface area contributed by atoms with Gasteiger partial charge < -0.3 is 15.0 Å². The lowest BCUT2D eigenvalue weighted by Gasteiger charge is -2.45. The molecule has 2 atom stereocenters. The lowest BCUT2D eigenvalue weighted by Crippen LogP contribution is -2.55. The van der Waals surface area contributed by atoms with Crippen molar-refractivity contribution in [1.82, 2.24) is 10.3 Å². The van der Waals surface area contributed by atoms with Crippen LogP contribution in [0.15, 0.2) is 18.5 Å². The average molecular weight is 332 g/mol. The molecule has 1 N–H and O–H groups in total. The van der Waals surface area contributed by atoms with Crippen molar-refractivity contribution in [2.75, 3.05) is 31.1 Å². The second kappa shape index (κ2) is 9.26. The van der Waals surface area contributed by atoms with E-state index in [0.717, 1.165) is 37.8 Å².